The van der Waals surface area contributed by atoms with Crippen molar-refractivity contribution < 1.29 is 9.90 Å². The van der Waals surface area contributed by atoms with Gasteiger partial charge in [-0.1, -0.05) is 11.6 Å². The lowest BCUT2D eigenvalue weighted by Gasteiger charge is -2.33. The summed E-state index contributed by atoms with van der Waals surface area (Å²) in [6, 6.07) is 5.33. The van der Waals surface area contributed by atoms with Crippen LogP contribution in [0.2, 0.25) is 5.02 Å². The molecule has 1 amide bonds. The molecule has 1 aliphatic rings. The van der Waals surface area contributed by atoms with Crippen LogP contribution in [0.15, 0.2) is 23.1 Å². The van der Waals surface area contributed by atoms with Gasteiger partial charge in [0.1, 0.15) is 0 Å². The van der Waals surface area contributed by atoms with Crippen LogP contribution in [0.25, 0.3) is 0 Å². The third kappa shape index (κ3) is 1.97. The van der Waals surface area contributed by atoms with Gasteiger partial charge >= 0.3 is 0 Å². The first kappa shape index (κ1) is 10.8. The van der Waals surface area contributed by atoms with Gasteiger partial charge in [0.05, 0.1) is 0 Å². The summed E-state index contributed by atoms with van der Waals surface area (Å²) in [6.45, 7) is 0. The van der Waals surface area contributed by atoms with Crippen LogP contribution in [-0.2, 0) is 10.5 Å². The van der Waals surface area contributed by atoms with Gasteiger partial charge in [-0.3, -0.25) is 4.79 Å². The number of rotatable bonds is 2. The van der Waals surface area contributed by atoms with Crippen LogP contribution in [0.1, 0.15) is 12.0 Å². The van der Waals surface area contributed by atoms with E-state index in [4.69, 9.17) is 11.6 Å². The Bertz CT molecular complexity index is 399. The van der Waals surface area contributed by atoms with E-state index in [9.17, 15) is 9.90 Å². The molecule has 2 N–H and O–H groups in total. The Kier molecular flexibility index (Phi) is 2.91. The molecule has 1 heterocycles. The standard InChI is InChI=1S/C10H10ClNO2S/c11-7-1-2-9-8(5-7)10(14,12-6-13)3-4-15-9/h1-2,5-6,14H,3-4H2,(H,12,13). The van der Waals surface area contributed by atoms with E-state index in [2.05, 4.69) is 5.32 Å². The van der Waals surface area contributed by atoms with Crippen LogP contribution in [0.5, 0.6) is 0 Å². The first-order valence-electron chi connectivity index (χ1n) is 4.52. The molecule has 1 aliphatic heterocycles. The number of halogens is 1. The highest BCUT2D eigenvalue weighted by atomic mass is 35.5. The fourth-order valence-corrected chi connectivity index (χ4v) is 2.98. The number of benzene rings is 1. The maximum absolute atomic E-state index is 10.5. The largest absolute Gasteiger partial charge is 0.367 e. The monoisotopic (exact) mass is 243 g/mol. The molecule has 0 aliphatic carbocycles. The Hall–Kier alpha value is -0.710. The molecule has 1 aromatic rings. The summed E-state index contributed by atoms with van der Waals surface area (Å²) in [5.74, 6) is 0.770. The SMILES string of the molecule is O=CNC1(O)CCSc2ccc(Cl)cc21. The van der Waals surface area contributed by atoms with Crippen molar-refractivity contribution in [2.45, 2.75) is 17.0 Å². The second-order valence-corrected chi connectivity index (χ2v) is 4.93. The molecule has 0 saturated carbocycles. The van der Waals surface area contributed by atoms with Crippen molar-refractivity contribution in [1.29, 1.82) is 0 Å². The van der Waals surface area contributed by atoms with Crippen LogP contribution in [0.4, 0.5) is 0 Å². The van der Waals surface area contributed by atoms with Crippen LogP contribution in [-0.4, -0.2) is 17.3 Å². The molecule has 2 rings (SSSR count). The summed E-state index contributed by atoms with van der Waals surface area (Å²) in [6.07, 6.45) is 1.00. The Morgan fingerprint density at radius 2 is 2.40 bits per heavy atom. The number of carbonyl (C=O) groups excluding carboxylic acids is 1. The van der Waals surface area contributed by atoms with Gasteiger partial charge in [0.15, 0.2) is 5.72 Å². The minimum Gasteiger partial charge on any atom is -0.367 e. The zero-order valence-corrected chi connectivity index (χ0v) is 9.44. The molecule has 0 aromatic heterocycles. The van der Waals surface area contributed by atoms with Crippen LogP contribution in [0, 0.1) is 0 Å². The van der Waals surface area contributed by atoms with Gasteiger partial charge in [0, 0.05) is 27.7 Å². The van der Waals surface area contributed by atoms with Crippen molar-refractivity contribution in [1.82, 2.24) is 5.32 Å². The Balaban J connectivity index is 2.48. The highest BCUT2D eigenvalue weighted by Gasteiger charge is 2.34. The van der Waals surface area contributed by atoms with Gasteiger partial charge in [-0.05, 0) is 18.2 Å². The fraction of sp³-hybridized carbons (Fsp3) is 0.300. The average molecular weight is 244 g/mol. The molecule has 0 fully saturated rings. The Morgan fingerprint density at radius 3 is 3.13 bits per heavy atom. The van der Waals surface area contributed by atoms with Gasteiger partial charge < -0.3 is 10.4 Å². The lowest BCUT2D eigenvalue weighted by Crippen LogP contribution is -2.43. The summed E-state index contributed by atoms with van der Waals surface area (Å²) >= 11 is 7.52. The van der Waals surface area contributed by atoms with E-state index in [1.165, 1.54) is 0 Å². The molecule has 5 heteroatoms. The molecule has 15 heavy (non-hydrogen) atoms. The van der Waals surface area contributed by atoms with Crippen molar-refractivity contribution >= 4 is 29.8 Å². The predicted octanol–water partition coefficient (Wildman–Crippen LogP) is 1.73. The van der Waals surface area contributed by atoms with Crippen molar-refractivity contribution in [3.63, 3.8) is 0 Å². The van der Waals surface area contributed by atoms with Crippen molar-refractivity contribution in [2.24, 2.45) is 0 Å². The first-order chi connectivity index (χ1) is 7.15. The first-order valence-corrected chi connectivity index (χ1v) is 5.88. The number of aliphatic hydroxyl groups is 1. The summed E-state index contributed by atoms with van der Waals surface area (Å²) in [5, 5.41) is 13.2. The van der Waals surface area contributed by atoms with Gasteiger partial charge in [-0.15, -0.1) is 11.8 Å². The fourth-order valence-electron chi connectivity index (χ4n) is 1.64. The second-order valence-electron chi connectivity index (χ2n) is 3.36. The lowest BCUT2D eigenvalue weighted by molar-refractivity contribution is -0.117. The minimum absolute atomic E-state index is 0.490. The van der Waals surface area contributed by atoms with Crippen molar-refractivity contribution in [3.05, 3.63) is 28.8 Å². The third-order valence-electron chi connectivity index (χ3n) is 2.41. The topological polar surface area (TPSA) is 49.3 Å². The molecule has 80 valence electrons. The maximum Gasteiger partial charge on any atom is 0.209 e. The van der Waals surface area contributed by atoms with E-state index >= 15 is 0 Å². The summed E-state index contributed by atoms with van der Waals surface area (Å²) in [7, 11) is 0. The third-order valence-corrected chi connectivity index (χ3v) is 3.72. The average Bonchev–Trinajstić information content (AvgIpc) is 2.20. The normalized spacial score (nSPS) is 24.4. The quantitative estimate of drug-likeness (QED) is 0.614. The molecule has 0 saturated heterocycles. The van der Waals surface area contributed by atoms with Crippen LogP contribution < -0.4 is 5.32 Å². The number of nitrogens with one attached hydrogen (secondary N) is 1. The summed E-state index contributed by atoms with van der Waals surface area (Å²) in [5.41, 5.74) is -0.592. The maximum atomic E-state index is 10.5. The second kappa shape index (κ2) is 4.04. The molecule has 0 radical (unpaired) electrons. The van der Waals surface area contributed by atoms with E-state index in [0.717, 1.165) is 10.6 Å². The van der Waals surface area contributed by atoms with Crippen LogP contribution in [0.3, 0.4) is 0 Å². The number of amides is 1. The van der Waals surface area contributed by atoms with Crippen molar-refractivity contribution in [2.75, 3.05) is 5.75 Å². The van der Waals surface area contributed by atoms with Crippen LogP contribution >= 0.6 is 23.4 Å². The van der Waals surface area contributed by atoms with E-state index in [0.29, 0.717) is 23.4 Å². The molecular weight excluding hydrogens is 234 g/mol. The smallest absolute Gasteiger partial charge is 0.209 e. The van der Waals surface area contributed by atoms with Gasteiger partial charge in [-0.25, -0.2) is 0 Å². The zero-order valence-electron chi connectivity index (χ0n) is 7.87. The molecule has 1 atom stereocenters. The Morgan fingerprint density at radius 1 is 1.60 bits per heavy atom. The molecule has 0 bridgehead atoms. The van der Waals surface area contributed by atoms with Gasteiger partial charge in [0.2, 0.25) is 6.41 Å². The molecule has 1 unspecified atom stereocenters. The molecule has 0 spiro atoms. The molecular formula is C10H10ClNO2S. The highest BCUT2D eigenvalue weighted by molar-refractivity contribution is 7.99. The lowest BCUT2D eigenvalue weighted by atomic mass is 9.99. The van der Waals surface area contributed by atoms with E-state index in [1.807, 2.05) is 6.07 Å². The number of hydrogen-bond acceptors (Lipinski definition) is 3. The minimum atomic E-state index is -1.27. The number of hydrogen-bond donors (Lipinski definition) is 2. The van der Waals surface area contributed by atoms with Crippen molar-refractivity contribution in [3.8, 4) is 0 Å². The van der Waals surface area contributed by atoms with E-state index < -0.39 is 5.72 Å². The number of carbonyl (C=O) groups is 1. The summed E-state index contributed by atoms with van der Waals surface area (Å²) in [4.78, 5) is 11.4. The molecule has 1 aromatic carbocycles. The van der Waals surface area contributed by atoms with Gasteiger partial charge in [-0.2, -0.15) is 0 Å². The predicted molar refractivity (Wildman–Crippen MR) is 59.9 cm³/mol. The zero-order chi connectivity index (χ0) is 10.9. The number of fused-ring (bicyclic) bond motifs is 1. The highest BCUT2D eigenvalue weighted by Crippen LogP contribution is 2.39. The molecule has 3 nitrogen and oxygen atoms in total. The Labute approximate surface area is 96.8 Å². The summed E-state index contributed by atoms with van der Waals surface area (Å²) < 4.78 is 0. The van der Waals surface area contributed by atoms with E-state index in [1.54, 1.807) is 23.9 Å². The number of thioether (sulfide) groups is 1. The van der Waals surface area contributed by atoms with E-state index in [-0.39, 0.29) is 0 Å². The van der Waals surface area contributed by atoms with Gasteiger partial charge in [0.25, 0.3) is 0 Å².